The molecule has 3 rings (SSSR count). The number of para-hydroxylation sites is 1. The molecular weight excluding hydrogens is 342 g/mol. The minimum absolute atomic E-state index is 0.447. The molecule has 0 atom stereocenters. The van der Waals surface area contributed by atoms with Crippen LogP contribution in [0.3, 0.4) is 0 Å². The number of esters is 1. The molecule has 136 valence electrons. The van der Waals surface area contributed by atoms with Gasteiger partial charge in [-0.05, 0) is 25.1 Å². The molecule has 3 aromatic rings. The zero-order chi connectivity index (χ0) is 19.2. The second-order valence-electron chi connectivity index (χ2n) is 5.99. The van der Waals surface area contributed by atoms with Crippen LogP contribution in [0.25, 0.3) is 23.0 Å². The normalized spacial score (nSPS) is 10.9. The van der Waals surface area contributed by atoms with Crippen LogP contribution in [0.2, 0.25) is 0 Å². The molecule has 0 saturated heterocycles. The van der Waals surface area contributed by atoms with E-state index in [2.05, 4.69) is 5.10 Å². The number of benzene rings is 2. The number of carbonyl (C=O) groups excluding carboxylic acids is 2. The third-order valence-corrected chi connectivity index (χ3v) is 3.84. The van der Waals surface area contributed by atoms with E-state index < -0.39 is 18.5 Å². The number of carbonyl (C=O) groups is 2. The first-order valence-electron chi connectivity index (χ1n) is 8.38. The Labute approximate surface area is 156 Å². The van der Waals surface area contributed by atoms with E-state index in [1.165, 1.54) is 6.08 Å². The molecule has 2 N–H and O–H groups in total. The predicted octanol–water partition coefficient (Wildman–Crippen LogP) is 2.89. The first-order chi connectivity index (χ1) is 13.0. The van der Waals surface area contributed by atoms with Crippen LogP contribution in [-0.2, 0) is 14.3 Å². The van der Waals surface area contributed by atoms with Crippen LogP contribution in [0.1, 0.15) is 11.1 Å². The van der Waals surface area contributed by atoms with E-state index in [-0.39, 0.29) is 0 Å². The summed E-state index contributed by atoms with van der Waals surface area (Å²) < 4.78 is 6.50. The second kappa shape index (κ2) is 8.14. The second-order valence-corrected chi connectivity index (χ2v) is 5.99. The Bertz CT molecular complexity index is 974. The lowest BCUT2D eigenvalue weighted by atomic mass is 10.1. The summed E-state index contributed by atoms with van der Waals surface area (Å²) >= 11 is 0. The van der Waals surface area contributed by atoms with Crippen molar-refractivity contribution in [2.75, 3.05) is 6.61 Å². The fourth-order valence-electron chi connectivity index (χ4n) is 2.51. The largest absolute Gasteiger partial charge is 0.452 e. The van der Waals surface area contributed by atoms with E-state index in [9.17, 15) is 9.59 Å². The van der Waals surface area contributed by atoms with Crippen molar-refractivity contribution in [1.82, 2.24) is 9.78 Å². The van der Waals surface area contributed by atoms with Crippen LogP contribution in [0.5, 0.6) is 0 Å². The van der Waals surface area contributed by atoms with Gasteiger partial charge in [-0.3, -0.25) is 4.79 Å². The fraction of sp³-hybridized carbons (Fsp3) is 0.0952. The van der Waals surface area contributed by atoms with Gasteiger partial charge < -0.3 is 10.5 Å². The molecule has 6 nitrogen and oxygen atoms in total. The Kier molecular flexibility index (Phi) is 5.47. The third-order valence-electron chi connectivity index (χ3n) is 3.84. The summed E-state index contributed by atoms with van der Waals surface area (Å²) in [5, 5.41) is 4.67. The monoisotopic (exact) mass is 361 g/mol. The lowest BCUT2D eigenvalue weighted by molar-refractivity contribution is -0.142. The maximum atomic E-state index is 11.7. The number of primary amides is 1. The zero-order valence-corrected chi connectivity index (χ0v) is 14.8. The van der Waals surface area contributed by atoms with Gasteiger partial charge in [0, 0.05) is 23.4 Å². The summed E-state index contributed by atoms with van der Waals surface area (Å²) in [6.07, 6.45) is 4.71. The van der Waals surface area contributed by atoms with Crippen LogP contribution in [0.15, 0.2) is 66.9 Å². The number of hydrogen-bond acceptors (Lipinski definition) is 4. The number of hydrogen-bond donors (Lipinski definition) is 1. The molecule has 1 aromatic heterocycles. The van der Waals surface area contributed by atoms with E-state index in [1.54, 1.807) is 10.8 Å². The molecular formula is C21H19N3O3. The lowest BCUT2D eigenvalue weighted by Gasteiger charge is -2.01. The Morgan fingerprint density at radius 1 is 1.11 bits per heavy atom. The van der Waals surface area contributed by atoms with Crippen molar-refractivity contribution >= 4 is 18.0 Å². The minimum Gasteiger partial charge on any atom is -0.452 e. The number of nitrogens with two attached hydrogens (primary N) is 1. The molecule has 0 aliphatic rings. The van der Waals surface area contributed by atoms with Crippen molar-refractivity contribution in [2.45, 2.75) is 6.92 Å². The highest BCUT2D eigenvalue weighted by Crippen LogP contribution is 2.25. The Balaban J connectivity index is 1.95. The van der Waals surface area contributed by atoms with Gasteiger partial charge in [0.2, 0.25) is 0 Å². The lowest BCUT2D eigenvalue weighted by Crippen LogP contribution is -2.19. The maximum absolute atomic E-state index is 11.7. The first kappa shape index (κ1) is 18.1. The molecule has 0 saturated carbocycles. The van der Waals surface area contributed by atoms with Gasteiger partial charge in [0.15, 0.2) is 6.61 Å². The molecule has 1 heterocycles. The quantitative estimate of drug-likeness (QED) is 0.540. The van der Waals surface area contributed by atoms with E-state index in [1.807, 2.05) is 67.7 Å². The highest BCUT2D eigenvalue weighted by Gasteiger charge is 2.11. The number of ether oxygens (including phenoxy) is 1. The van der Waals surface area contributed by atoms with Crippen molar-refractivity contribution in [3.8, 4) is 16.9 Å². The van der Waals surface area contributed by atoms with Crippen molar-refractivity contribution in [2.24, 2.45) is 5.73 Å². The number of rotatable bonds is 6. The average Bonchev–Trinajstić information content (AvgIpc) is 3.10. The van der Waals surface area contributed by atoms with Crippen molar-refractivity contribution in [3.05, 3.63) is 78.0 Å². The van der Waals surface area contributed by atoms with Crippen LogP contribution in [-0.4, -0.2) is 28.3 Å². The van der Waals surface area contributed by atoms with Gasteiger partial charge in [-0.15, -0.1) is 0 Å². The smallest absolute Gasteiger partial charge is 0.331 e. The maximum Gasteiger partial charge on any atom is 0.331 e. The molecule has 2 aromatic carbocycles. The SMILES string of the molecule is Cc1ccc(-c2nn(-c3ccccc3)cc2/C=C/C(=O)OCC(N)=O)cc1. The molecule has 1 amide bonds. The van der Waals surface area contributed by atoms with Crippen LogP contribution < -0.4 is 5.73 Å². The highest BCUT2D eigenvalue weighted by molar-refractivity contribution is 5.90. The zero-order valence-electron chi connectivity index (χ0n) is 14.8. The molecule has 27 heavy (non-hydrogen) atoms. The Morgan fingerprint density at radius 2 is 1.81 bits per heavy atom. The van der Waals surface area contributed by atoms with Crippen LogP contribution >= 0.6 is 0 Å². The topological polar surface area (TPSA) is 87.2 Å². The van der Waals surface area contributed by atoms with Gasteiger partial charge in [0.1, 0.15) is 0 Å². The molecule has 0 fully saturated rings. The predicted molar refractivity (Wildman–Crippen MR) is 103 cm³/mol. The first-order valence-corrected chi connectivity index (χ1v) is 8.38. The van der Waals surface area contributed by atoms with E-state index in [0.29, 0.717) is 0 Å². The molecule has 0 aliphatic heterocycles. The van der Waals surface area contributed by atoms with Gasteiger partial charge in [-0.2, -0.15) is 5.10 Å². The van der Waals surface area contributed by atoms with Crippen molar-refractivity contribution < 1.29 is 14.3 Å². The molecule has 6 heteroatoms. The molecule has 0 bridgehead atoms. The van der Waals surface area contributed by atoms with Crippen LogP contribution in [0, 0.1) is 6.92 Å². The number of nitrogens with zero attached hydrogens (tertiary/aromatic N) is 2. The van der Waals surface area contributed by atoms with Gasteiger partial charge in [0.05, 0.1) is 11.4 Å². The highest BCUT2D eigenvalue weighted by atomic mass is 16.5. The summed E-state index contributed by atoms with van der Waals surface area (Å²) in [4.78, 5) is 22.5. The van der Waals surface area contributed by atoms with Gasteiger partial charge in [-0.1, -0.05) is 48.0 Å². The molecule has 0 aliphatic carbocycles. The van der Waals surface area contributed by atoms with Gasteiger partial charge in [-0.25, -0.2) is 9.48 Å². The summed E-state index contributed by atoms with van der Waals surface area (Å²) in [7, 11) is 0. The summed E-state index contributed by atoms with van der Waals surface area (Å²) in [6.45, 7) is 1.57. The average molecular weight is 361 g/mol. The summed E-state index contributed by atoms with van der Waals surface area (Å²) in [6, 6.07) is 17.7. The number of aryl methyl sites for hydroxylation is 1. The molecule has 0 spiro atoms. The van der Waals surface area contributed by atoms with Gasteiger partial charge >= 0.3 is 5.97 Å². The van der Waals surface area contributed by atoms with E-state index >= 15 is 0 Å². The summed E-state index contributed by atoms with van der Waals surface area (Å²) in [5.41, 5.74) is 9.44. The molecule has 0 unspecified atom stereocenters. The van der Waals surface area contributed by atoms with Gasteiger partial charge in [0.25, 0.3) is 5.91 Å². The fourth-order valence-corrected chi connectivity index (χ4v) is 2.51. The minimum atomic E-state index is -0.700. The number of aromatic nitrogens is 2. The third kappa shape index (κ3) is 4.70. The Hall–Kier alpha value is -3.67. The molecule has 0 radical (unpaired) electrons. The van der Waals surface area contributed by atoms with Crippen molar-refractivity contribution in [1.29, 1.82) is 0 Å². The van der Waals surface area contributed by atoms with E-state index in [0.717, 1.165) is 28.1 Å². The van der Waals surface area contributed by atoms with Crippen LogP contribution in [0.4, 0.5) is 0 Å². The standard InChI is InChI=1S/C21H19N3O3/c1-15-7-9-16(10-8-15)21-17(11-12-20(26)27-14-19(22)25)13-24(23-21)18-5-3-2-4-6-18/h2-13H,14H2,1H3,(H2,22,25)/b12-11+. The Morgan fingerprint density at radius 3 is 2.48 bits per heavy atom. The van der Waals surface area contributed by atoms with Crippen molar-refractivity contribution in [3.63, 3.8) is 0 Å². The van der Waals surface area contributed by atoms with E-state index in [4.69, 9.17) is 10.5 Å². The summed E-state index contributed by atoms with van der Waals surface area (Å²) in [5.74, 6) is -1.34. The number of amides is 1.